The quantitative estimate of drug-likeness (QED) is 0.493. The van der Waals surface area contributed by atoms with Crippen LogP contribution in [0.4, 0.5) is 5.69 Å². The van der Waals surface area contributed by atoms with E-state index in [2.05, 4.69) is 34.6 Å². The number of ether oxygens (including phenoxy) is 1. The summed E-state index contributed by atoms with van der Waals surface area (Å²) in [6.07, 6.45) is 3.41. The Morgan fingerprint density at radius 3 is 2.66 bits per heavy atom. The number of rotatable bonds is 10. The van der Waals surface area contributed by atoms with Gasteiger partial charge in [-0.15, -0.1) is 10.2 Å². The normalized spacial score (nSPS) is 10.7. The third-order valence-electron chi connectivity index (χ3n) is 4.46. The number of methoxy groups -OCH3 is 1. The third-order valence-corrected chi connectivity index (χ3v) is 5.28. The van der Waals surface area contributed by atoms with Gasteiger partial charge < -0.3 is 14.5 Å². The molecule has 152 valence electrons. The maximum atomic E-state index is 12.2. The molecule has 7 heteroatoms. The van der Waals surface area contributed by atoms with Gasteiger partial charge in [0.1, 0.15) is 5.75 Å². The summed E-state index contributed by atoms with van der Waals surface area (Å²) in [4.78, 5) is 12.2. The highest BCUT2D eigenvalue weighted by molar-refractivity contribution is 7.99. The molecule has 6 nitrogen and oxygen atoms in total. The molecule has 2 aromatic carbocycles. The lowest BCUT2D eigenvalue weighted by Crippen LogP contribution is -2.15. The Morgan fingerprint density at radius 2 is 1.90 bits per heavy atom. The van der Waals surface area contributed by atoms with Crippen molar-refractivity contribution < 1.29 is 13.9 Å². The molecule has 0 spiro atoms. The topological polar surface area (TPSA) is 77.2 Å². The number of carbonyl (C=O) groups excluding carboxylic acids is 1. The molecule has 1 amide bonds. The summed E-state index contributed by atoms with van der Waals surface area (Å²) in [5, 5.41) is 11.5. The van der Waals surface area contributed by atoms with Crippen molar-refractivity contribution in [3.8, 4) is 5.75 Å². The molecule has 3 rings (SSSR count). The first-order chi connectivity index (χ1) is 14.2. The standard InChI is InChI=1S/C22H25N3O3S/c1-3-17-8-4-5-9-19(17)23-20(26)15-29-22-25-24-21(28-22)10-6-7-16-11-13-18(27-2)14-12-16/h4-5,8-9,11-14H,3,6-7,10,15H2,1-2H3,(H,23,26). The van der Waals surface area contributed by atoms with Crippen LogP contribution in [0.25, 0.3) is 0 Å². The number of nitrogens with one attached hydrogen (secondary N) is 1. The van der Waals surface area contributed by atoms with Crippen molar-refractivity contribution in [2.75, 3.05) is 18.2 Å². The Balaban J connectivity index is 1.42. The number of benzene rings is 2. The SMILES string of the molecule is CCc1ccccc1NC(=O)CSc1nnc(CCCc2ccc(OC)cc2)o1. The highest BCUT2D eigenvalue weighted by Crippen LogP contribution is 2.20. The lowest BCUT2D eigenvalue weighted by atomic mass is 10.1. The molecule has 0 unspecified atom stereocenters. The van der Waals surface area contributed by atoms with Gasteiger partial charge in [0.15, 0.2) is 0 Å². The monoisotopic (exact) mass is 411 g/mol. The van der Waals surface area contributed by atoms with Gasteiger partial charge in [-0.3, -0.25) is 4.79 Å². The second-order valence-electron chi connectivity index (χ2n) is 6.51. The molecule has 3 aromatic rings. The minimum atomic E-state index is -0.0878. The number of aryl methyl sites for hydroxylation is 3. The molecule has 0 fully saturated rings. The van der Waals surface area contributed by atoms with Crippen LogP contribution in [0.2, 0.25) is 0 Å². The highest BCUT2D eigenvalue weighted by atomic mass is 32.2. The van der Waals surface area contributed by atoms with E-state index in [1.807, 2.05) is 36.4 Å². The van der Waals surface area contributed by atoms with Gasteiger partial charge in [0, 0.05) is 12.1 Å². The van der Waals surface area contributed by atoms with Crippen LogP contribution in [-0.2, 0) is 24.1 Å². The van der Waals surface area contributed by atoms with Gasteiger partial charge in [0.25, 0.3) is 5.22 Å². The summed E-state index contributed by atoms with van der Waals surface area (Å²) in [5.74, 6) is 1.59. The smallest absolute Gasteiger partial charge is 0.277 e. The first kappa shape index (κ1) is 20.9. The van der Waals surface area contributed by atoms with Gasteiger partial charge in [0.05, 0.1) is 12.9 Å². The number of carbonyl (C=O) groups is 1. The first-order valence-electron chi connectivity index (χ1n) is 9.63. The van der Waals surface area contributed by atoms with E-state index in [0.717, 1.165) is 36.3 Å². The summed E-state index contributed by atoms with van der Waals surface area (Å²) < 4.78 is 10.8. The van der Waals surface area contributed by atoms with Crippen LogP contribution < -0.4 is 10.1 Å². The fraction of sp³-hybridized carbons (Fsp3) is 0.318. The summed E-state index contributed by atoms with van der Waals surface area (Å²) in [5.41, 5.74) is 3.21. The maximum Gasteiger partial charge on any atom is 0.277 e. The average Bonchev–Trinajstić information content (AvgIpc) is 3.21. The highest BCUT2D eigenvalue weighted by Gasteiger charge is 2.11. The van der Waals surface area contributed by atoms with Gasteiger partial charge in [-0.2, -0.15) is 0 Å². The summed E-state index contributed by atoms with van der Waals surface area (Å²) in [6.45, 7) is 2.06. The van der Waals surface area contributed by atoms with Crippen LogP contribution in [0, 0.1) is 0 Å². The molecular weight excluding hydrogens is 386 g/mol. The van der Waals surface area contributed by atoms with Crippen LogP contribution in [0.15, 0.2) is 58.2 Å². The Kier molecular flexibility index (Phi) is 7.69. The van der Waals surface area contributed by atoms with Crippen molar-refractivity contribution in [3.05, 3.63) is 65.5 Å². The molecule has 0 radical (unpaired) electrons. The summed E-state index contributed by atoms with van der Waals surface area (Å²) >= 11 is 1.25. The zero-order valence-electron chi connectivity index (χ0n) is 16.7. The Hall–Kier alpha value is -2.80. The predicted octanol–water partition coefficient (Wildman–Crippen LogP) is 4.55. The lowest BCUT2D eigenvalue weighted by Gasteiger charge is -2.08. The van der Waals surface area contributed by atoms with E-state index in [4.69, 9.17) is 9.15 Å². The van der Waals surface area contributed by atoms with Crippen molar-refractivity contribution in [2.24, 2.45) is 0 Å². The van der Waals surface area contributed by atoms with E-state index in [-0.39, 0.29) is 11.7 Å². The van der Waals surface area contributed by atoms with Crippen molar-refractivity contribution in [1.82, 2.24) is 10.2 Å². The number of para-hydroxylation sites is 1. The first-order valence-corrected chi connectivity index (χ1v) is 10.6. The zero-order chi connectivity index (χ0) is 20.5. The minimum absolute atomic E-state index is 0.0878. The molecule has 0 aliphatic heterocycles. The summed E-state index contributed by atoms with van der Waals surface area (Å²) in [6, 6.07) is 15.8. The van der Waals surface area contributed by atoms with Gasteiger partial charge in [-0.25, -0.2) is 0 Å². The third kappa shape index (κ3) is 6.35. The number of nitrogens with zero attached hydrogens (tertiary/aromatic N) is 2. The van der Waals surface area contributed by atoms with Crippen LogP contribution in [0.3, 0.4) is 0 Å². The van der Waals surface area contributed by atoms with Crippen molar-refractivity contribution >= 4 is 23.4 Å². The molecule has 0 bridgehead atoms. The number of anilines is 1. The van der Waals surface area contributed by atoms with Crippen molar-refractivity contribution in [2.45, 2.75) is 37.8 Å². The van der Waals surface area contributed by atoms with Crippen LogP contribution in [-0.4, -0.2) is 29.0 Å². The Bertz CT molecular complexity index is 925. The van der Waals surface area contributed by atoms with E-state index < -0.39 is 0 Å². The molecule has 0 saturated carbocycles. The zero-order valence-corrected chi connectivity index (χ0v) is 17.5. The average molecular weight is 412 g/mol. The summed E-state index contributed by atoms with van der Waals surface area (Å²) in [7, 11) is 1.66. The van der Waals surface area contributed by atoms with Crippen LogP contribution >= 0.6 is 11.8 Å². The molecule has 1 aromatic heterocycles. The van der Waals surface area contributed by atoms with Gasteiger partial charge in [-0.1, -0.05) is 49.0 Å². The largest absolute Gasteiger partial charge is 0.497 e. The predicted molar refractivity (Wildman–Crippen MR) is 114 cm³/mol. The number of amides is 1. The number of hydrogen-bond acceptors (Lipinski definition) is 6. The molecule has 0 atom stereocenters. The Labute approximate surface area is 175 Å². The molecular formula is C22H25N3O3S. The maximum absolute atomic E-state index is 12.2. The number of aromatic nitrogens is 2. The molecule has 0 aliphatic rings. The van der Waals surface area contributed by atoms with E-state index in [1.165, 1.54) is 17.3 Å². The lowest BCUT2D eigenvalue weighted by molar-refractivity contribution is -0.113. The number of hydrogen-bond donors (Lipinski definition) is 1. The molecule has 1 N–H and O–H groups in total. The second kappa shape index (κ2) is 10.7. The minimum Gasteiger partial charge on any atom is -0.497 e. The van der Waals surface area contributed by atoms with Crippen molar-refractivity contribution in [1.29, 1.82) is 0 Å². The fourth-order valence-electron chi connectivity index (χ4n) is 2.90. The molecule has 0 saturated heterocycles. The van der Waals surface area contributed by atoms with Gasteiger partial charge in [0.2, 0.25) is 11.8 Å². The second-order valence-corrected chi connectivity index (χ2v) is 7.44. The van der Waals surface area contributed by atoms with Crippen LogP contribution in [0.5, 0.6) is 5.75 Å². The fourth-order valence-corrected chi connectivity index (χ4v) is 3.48. The van der Waals surface area contributed by atoms with E-state index in [0.29, 0.717) is 17.5 Å². The molecule has 1 heterocycles. The van der Waals surface area contributed by atoms with Crippen LogP contribution in [0.1, 0.15) is 30.4 Å². The Morgan fingerprint density at radius 1 is 1.10 bits per heavy atom. The van der Waals surface area contributed by atoms with Gasteiger partial charge in [-0.05, 0) is 48.6 Å². The van der Waals surface area contributed by atoms with E-state index in [1.54, 1.807) is 7.11 Å². The van der Waals surface area contributed by atoms with E-state index in [9.17, 15) is 4.79 Å². The van der Waals surface area contributed by atoms with Gasteiger partial charge >= 0.3 is 0 Å². The number of thioether (sulfide) groups is 1. The van der Waals surface area contributed by atoms with Crippen molar-refractivity contribution in [3.63, 3.8) is 0 Å². The molecule has 0 aliphatic carbocycles. The van der Waals surface area contributed by atoms with E-state index >= 15 is 0 Å². The molecule has 29 heavy (non-hydrogen) atoms.